The molecule has 0 saturated carbocycles. The number of likely N-dealkylation sites (tertiary alicyclic amines) is 1. The second kappa shape index (κ2) is 8.55. The van der Waals surface area contributed by atoms with Crippen LogP contribution >= 0.6 is 22.9 Å². The number of nitrogens with one attached hydrogen (secondary N) is 1. The smallest absolute Gasteiger partial charge is 0.317 e. The molecule has 1 saturated heterocycles. The molecule has 0 unspecified atom stereocenters. The third kappa shape index (κ3) is 4.18. The third-order valence-electron chi connectivity index (χ3n) is 6.11. The maximum Gasteiger partial charge on any atom is 0.317 e. The number of aryl methyl sites for hydroxylation is 2. The van der Waals surface area contributed by atoms with E-state index >= 15 is 0 Å². The topological polar surface area (TPSA) is 63.1 Å². The normalized spacial score (nSPS) is 17.3. The van der Waals surface area contributed by atoms with Gasteiger partial charge in [-0.05, 0) is 43.9 Å². The van der Waals surface area contributed by atoms with E-state index in [1.165, 1.54) is 23.4 Å². The van der Waals surface area contributed by atoms with Gasteiger partial charge >= 0.3 is 6.03 Å². The second-order valence-electron chi connectivity index (χ2n) is 8.21. The molecule has 2 aliphatic rings. The van der Waals surface area contributed by atoms with Crippen LogP contribution in [0.4, 0.5) is 4.79 Å². The zero-order valence-corrected chi connectivity index (χ0v) is 18.5. The fourth-order valence-electron chi connectivity index (χ4n) is 4.42. The minimum atomic E-state index is 0.0357. The van der Waals surface area contributed by atoms with E-state index in [4.69, 9.17) is 21.6 Å². The highest BCUT2D eigenvalue weighted by Gasteiger charge is 2.26. The third-order valence-corrected chi connectivity index (χ3v) is 7.55. The zero-order chi connectivity index (χ0) is 20.5. The maximum absolute atomic E-state index is 12.6. The van der Waals surface area contributed by atoms with E-state index in [1.807, 2.05) is 23.1 Å². The highest BCUT2D eigenvalue weighted by Crippen LogP contribution is 2.34. The number of piperidine rings is 1. The van der Waals surface area contributed by atoms with Crippen LogP contribution in [0.1, 0.15) is 48.1 Å². The number of halogens is 1. The van der Waals surface area contributed by atoms with Crippen LogP contribution < -0.4 is 5.32 Å². The standard InChI is InChI=1S/C22H26ClN5OS/c23-16-4-5-19-18(13-16)26-21(30-19)15-7-11-27(12-8-15)22(29)24-9-6-17-14-28-10-2-1-3-20(28)25-17/h4-5,13-15H,1-3,6-12H2,(H,24,29). The molecule has 5 rings (SSSR count). The van der Waals surface area contributed by atoms with Crippen LogP contribution in [0.25, 0.3) is 10.2 Å². The van der Waals surface area contributed by atoms with Crippen LogP contribution in [-0.2, 0) is 19.4 Å². The molecule has 2 aliphatic heterocycles. The summed E-state index contributed by atoms with van der Waals surface area (Å²) in [6.07, 6.45) is 8.38. The van der Waals surface area contributed by atoms with E-state index < -0.39 is 0 Å². The number of imidazole rings is 1. The minimum Gasteiger partial charge on any atom is -0.338 e. The molecule has 1 fully saturated rings. The molecule has 0 bridgehead atoms. The van der Waals surface area contributed by atoms with Gasteiger partial charge in [-0.15, -0.1) is 11.3 Å². The molecule has 158 valence electrons. The van der Waals surface area contributed by atoms with Gasteiger partial charge in [0.2, 0.25) is 0 Å². The monoisotopic (exact) mass is 443 g/mol. The lowest BCUT2D eigenvalue weighted by molar-refractivity contribution is 0.181. The number of thiazole rings is 1. The van der Waals surface area contributed by atoms with E-state index in [-0.39, 0.29) is 6.03 Å². The van der Waals surface area contributed by atoms with Crippen LogP contribution in [-0.4, -0.2) is 45.1 Å². The van der Waals surface area contributed by atoms with Gasteiger partial charge < -0.3 is 14.8 Å². The molecule has 1 N–H and O–H groups in total. The van der Waals surface area contributed by atoms with Crippen LogP contribution in [0.5, 0.6) is 0 Å². The maximum atomic E-state index is 12.6. The molecule has 30 heavy (non-hydrogen) atoms. The average Bonchev–Trinajstić information content (AvgIpc) is 3.37. The van der Waals surface area contributed by atoms with Crippen molar-refractivity contribution in [1.29, 1.82) is 0 Å². The first kappa shape index (κ1) is 19.8. The Morgan fingerprint density at radius 3 is 2.90 bits per heavy atom. The van der Waals surface area contributed by atoms with Gasteiger partial charge in [0.05, 0.1) is 20.9 Å². The Balaban J connectivity index is 1.10. The van der Waals surface area contributed by atoms with Gasteiger partial charge in [0.15, 0.2) is 0 Å². The molecule has 2 aromatic heterocycles. The largest absolute Gasteiger partial charge is 0.338 e. The Labute approximate surface area is 185 Å². The number of fused-ring (bicyclic) bond motifs is 2. The Hall–Kier alpha value is -2.12. The summed E-state index contributed by atoms with van der Waals surface area (Å²) in [5.41, 5.74) is 2.06. The lowest BCUT2D eigenvalue weighted by Crippen LogP contribution is -2.44. The summed E-state index contributed by atoms with van der Waals surface area (Å²) in [4.78, 5) is 24.0. The van der Waals surface area contributed by atoms with Gasteiger partial charge in [-0.2, -0.15) is 0 Å². The second-order valence-corrected chi connectivity index (χ2v) is 9.71. The highest BCUT2D eigenvalue weighted by atomic mass is 35.5. The molecular weight excluding hydrogens is 418 g/mol. The molecule has 8 heteroatoms. The number of hydrogen-bond acceptors (Lipinski definition) is 4. The fourth-order valence-corrected chi connectivity index (χ4v) is 5.71. The molecule has 1 aromatic carbocycles. The van der Waals surface area contributed by atoms with Crippen LogP contribution in [0.3, 0.4) is 0 Å². The number of benzene rings is 1. The Bertz CT molecular complexity index is 1030. The molecule has 3 aromatic rings. The summed E-state index contributed by atoms with van der Waals surface area (Å²) in [6, 6.07) is 5.92. The van der Waals surface area contributed by atoms with E-state index in [9.17, 15) is 4.79 Å². The predicted molar refractivity (Wildman–Crippen MR) is 120 cm³/mol. The Morgan fingerprint density at radius 1 is 1.20 bits per heavy atom. The zero-order valence-electron chi connectivity index (χ0n) is 16.9. The van der Waals surface area contributed by atoms with Crippen LogP contribution in [0.2, 0.25) is 5.02 Å². The number of amides is 2. The molecule has 0 spiro atoms. The molecule has 0 radical (unpaired) electrons. The number of aromatic nitrogens is 3. The summed E-state index contributed by atoms with van der Waals surface area (Å²) < 4.78 is 3.44. The van der Waals surface area contributed by atoms with E-state index in [2.05, 4.69) is 16.1 Å². The molecule has 0 aliphatic carbocycles. The van der Waals surface area contributed by atoms with Crippen molar-refractivity contribution < 1.29 is 4.79 Å². The number of carbonyl (C=O) groups is 1. The van der Waals surface area contributed by atoms with Gasteiger partial charge in [-0.3, -0.25) is 0 Å². The first-order chi connectivity index (χ1) is 14.7. The molecular formula is C22H26ClN5OS. The van der Waals surface area contributed by atoms with Crippen molar-refractivity contribution in [3.63, 3.8) is 0 Å². The minimum absolute atomic E-state index is 0.0357. The van der Waals surface area contributed by atoms with Crippen molar-refractivity contribution >= 4 is 39.2 Å². The van der Waals surface area contributed by atoms with E-state index in [1.54, 1.807) is 11.3 Å². The molecule has 2 amide bonds. The van der Waals surface area contributed by atoms with Crippen molar-refractivity contribution in [1.82, 2.24) is 24.8 Å². The number of carbonyl (C=O) groups excluding carboxylic acids is 1. The summed E-state index contributed by atoms with van der Waals surface area (Å²) in [5, 5.41) is 4.96. The van der Waals surface area contributed by atoms with Gasteiger partial charge in [0.25, 0.3) is 0 Å². The lowest BCUT2D eigenvalue weighted by Gasteiger charge is -2.31. The summed E-state index contributed by atoms with van der Waals surface area (Å²) >= 11 is 7.83. The van der Waals surface area contributed by atoms with Gasteiger partial charge in [-0.25, -0.2) is 14.8 Å². The number of rotatable bonds is 4. The van der Waals surface area contributed by atoms with Gasteiger partial charge in [-0.1, -0.05) is 11.6 Å². The molecule has 4 heterocycles. The average molecular weight is 444 g/mol. The first-order valence-electron chi connectivity index (χ1n) is 10.8. The number of hydrogen-bond donors (Lipinski definition) is 1. The van der Waals surface area contributed by atoms with Gasteiger partial charge in [0, 0.05) is 56.2 Å². The number of nitrogens with zero attached hydrogens (tertiary/aromatic N) is 4. The molecule has 0 atom stereocenters. The Kier molecular flexibility index (Phi) is 5.65. The van der Waals surface area contributed by atoms with E-state index in [0.717, 1.165) is 66.6 Å². The summed E-state index contributed by atoms with van der Waals surface area (Å²) in [7, 11) is 0. The lowest BCUT2D eigenvalue weighted by atomic mass is 9.98. The molecule has 6 nitrogen and oxygen atoms in total. The first-order valence-corrected chi connectivity index (χ1v) is 12.0. The van der Waals surface area contributed by atoms with Crippen molar-refractivity contribution in [2.45, 2.75) is 51.0 Å². The van der Waals surface area contributed by atoms with Crippen molar-refractivity contribution in [2.24, 2.45) is 0 Å². The van der Waals surface area contributed by atoms with Crippen molar-refractivity contribution in [3.8, 4) is 0 Å². The van der Waals surface area contributed by atoms with Crippen LogP contribution in [0, 0.1) is 0 Å². The quantitative estimate of drug-likeness (QED) is 0.640. The highest BCUT2D eigenvalue weighted by molar-refractivity contribution is 7.18. The fraction of sp³-hybridized carbons (Fsp3) is 0.500. The number of urea groups is 1. The Morgan fingerprint density at radius 2 is 2.07 bits per heavy atom. The summed E-state index contributed by atoms with van der Waals surface area (Å²) in [5.74, 6) is 1.61. The van der Waals surface area contributed by atoms with E-state index in [0.29, 0.717) is 12.5 Å². The van der Waals surface area contributed by atoms with Crippen molar-refractivity contribution in [3.05, 3.63) is 45.9 Å². The summed E-state index contributed by atoms with van der Waals surface area (Å²) in [6.45, 7) is 3.25. The van der Waals surface area contributed by atoms with Gasteiger partial charge in [0.1, 0.15) is 5.82 Å². The van der Waals surface area contributed by atoms with Crippen LogP contribution in [0.15, 0.2) is 24.4 Å². The van der Waals surface area contributed by atoms with Crippen molar-refractivity contribution in [2.75, 3.05) is 19.6 Å². The SMILES string of the molecule is O=C(NCCc1cn2c(n1)CCCC2)N1CCC(c2nc3cc(Cl)ccc3s2)CC1. The predicted octanol–water partition coefficient (Wildman–Crippen LogP) is 4.61.